The predicted molar refractivity (Wildman–Crippen MR) is 84.5 cm³/mol. The van der Waals surface area contributed by atoms with Gasteiger partial charge < -0.3 is 20.1 Å². The van der Waals surface area contributed by atoms with E-state index in [0.717, 1.165) is 6.42 Å². The van der Waals surface area contributed by atoms with Gasteiger partial charge in [0.2, 0.25) is 0 Å². The number of nitrogens with one attached hydrogen (secondary N) is 2. The van der Waals surface area contributed by atoms with Crippen LogP contribution in [0.4, 0.5) is 11.4 Å². The number of carbonyl (C=O) groups excluding carboxylic acids is 2. The summed E-state index contributed by atoms with van der Waals surface area (Å²) in [6, 6.07) is 5.96. The smallest absolute Gasteiger partial charge is 0.335 e. The van der Waals surface area contributed by atoms with Crippen LogP contribution in [0.2, 0.25) is 0 Å². The molecule has 0 unspecified atom stereocenters. The summed E-state index contributed by atoms with van der Waals surface area (Å²) in [4.78, 5) is 33.2. The molecule has 9 heteroatoms. The summed E-state index contributed by atoms with van der Waals surface area (Å²) >= 11 is 0. The molecule has 2 N–H and O–H groups in total. The Morgan fingerprint density at radius 2 is 2.04 bits per heavy atom. The van der Waals surface area contributed by atoms with Crippen LogP contribution in [0, 0.1) is 10.1 Å². The van der Waals surface area contributed by atoms with Crippen LogP contribution >= 0.6 is 0 Å². The highest BCUT2D eigenvalue weighted by Crippen LogP contribution is 2.15. The molecule has 24 heavy (non-hydrogen) atoms. The molecule has 0 saturated carbocycles. The van der Waals surface area contributed by atoms with Gasteiger partial charge in [0.25, 0.3) is 11.6 Å². The Morgan fingerprint density at radius 3 is 2.67 bits per heavy atom. The number of nitrogens with zero attached hydrogens (tertiary/aromatic N) is 1. The molecule has 0 aromatic heterocycles. The van der Waals surface area contributed by atoms with Crippen molar-refractivity contribution in [1.82, 2.24) is 5.32 Å². The van der Waals surface area contributed by atoms with E-state index in [1.54, 1.807) is 12.1 Å². The number of ether oxygens (including phenoxy) is 2. The molecule has 1 heterocycles. The Hall–Kier alpha value is -2.68. The highest BCUT2D eigenvalue weighted by atomic mass is 16.6. The third-order valence-electron chi connectivity index (χ3n) is 3.39. The number of hydrogen-bond acceptors (Lipinski definition) is 7. The van der Waals surface area contributed by atoms with Crippen LogP contribution in [0.15, 0.2) is 24.3 Å². The SMILES string of the molecule is O=C(COC(=O)[C@H]1CCCO1)NCCNc1ccc([N+](=O)[O-])cc1. The van der Waals surface area contributed by atoms with Crippen molar-refractivity contribution in [2.45, 2.75) is 18.9 Å². The van der Waals surface area contributed by atoms with Gasteiger partial charge in [-0.15, -0.1) is 0 Å². The molecule has 1 aliphatic rings. The van der Waals surface area contributed by atoms with E-state index in [2.05, 4.69) is 10.6 Å². The number of hydrogen-bond donors (Lipinski definition) is 2. The third-order valence-corrected chi connectivity index (χ3v) is 3.39. The summed E-state index contributed by atoms with van der Waals surface area (Å²) in [7, 11) is 0. The van der Waals surface area contributed by atoms with Gasteiger partial charge in [-0.1, -0.05) is 0 Å². The molecule has 1 fully saturated rings. The fourth-order valence-corrected chi connectivity index (χ4v) is 2.15. The molecule has 0 bridgehead atoms. The molecule has 2 rings (SSSR count). The average molecular weight is 337 g/mol. The van der Waals surface area contributed by atoms with E-state index >= 15 is 0 Å². The Labute approximate surface area is 138 Å². The van der Waals surface area contributed by atoms with Crippen molar-refractivity contribution in [1.29, 1.82) is 0 Å². The van der Waals surface area contributed by atoms with E-state index < -0.39 is 22.9 Å². The molecule has 0 spiro atoms. The summed E-state index contributed by atoms with van der Waals surface area (Å²) in [5.74, 6) is -0.904. The lowest BCUT2D eigenvalue weighted by atomic mass is 10.2. The summed E-state index contributed by atoms with van der Waals surface area (Å²) < 4.78 is 10.0. The van der Waals surface area contributed by atoms with Crippen LogP contribution in [-0.2, 0) is 19.1 Å². The van der Waals surface area contributed by atoms with Crippen LogP contribution in [0.5, 0.6) is 0 Å². The van der Waals surface area contributed by atoms with Gasteiger partial charge in [-0.2, -0.15) is 0 Å². The minimum absolute atomic E-state index is 0.0157. The van der Waals surface area contributed by atoms with Gasteiger partial charge >= 0.3 is 5.97 Å². The first-order chi connectivity index (χ1) is 11.6. The number of carbonyl (C=O) groups is 2. The van der Waals surface area contributed by atoms with Gasteiger partial charge in [-0.3, -0.25) is 14.9 Å². The van der Waals surface area contributed by atoms with Crippen molar-refractivity contribution in [3.63, 3.8) is 0 Å². The second-order valence-electron chi connectivity index (χ2n) is 5.19. The van der Waals surface area contributed by atoms with Crippen molar-refractivity contribution < 1.29 is 24.0 Å². The number of anilines is 1. The van der Waals surface area contributed by atoms with Gasteiger partial charge in [-0.25, -0.2) is 4.79 Å². The van der Waals surface area contributed by atoms with Crippen molar-refractivity contribution in [2.75, 3.05) is 31.6 Å². The standard InChI is InChI=1S/C15H19N3O6/c19-14(10-24-15(20)13-2-1-9-23-13)17-8-7-16-11-3-5-12(6-4-11)18(21)22/h3-6,13,16H,1-2,7-10H2,(H,17,19)/t13-/m1/s1. The van der Waals surface area contributed by atoms with E-state index in [0.29, 0.717) is 31.8 Å². The van der Waals surface area contributed by atoms with E-state index in [1.807, 2.05) is 0 Å². The van der Waals surface area contributed by atoms with Crippen LogP contribution in [0.1, 0.15) is 12.8 Å². The molecular formula is C15H19N3O6. The van der Waals surface area contributed by atoms with Crippen LogP contribution in [-0.4, -0.2) is 49.2 Å². The van der Waals surface area contributed by atoms with Crippen molar-refractivity contribution in [3.05, 3.63) is 34.4 Å². The molecule has 1 saturated heterocycles. The molecule has 9 nitrogen and oxygen atoms in total. The summed E-state index contributed by atoms with van der Waals surface area (Å²) in [6.07, 6.45) is 0.890. The lowest BCUT2D eigenvalue weighted by molar-refractivity contribution is -0.384. The number of non-ortho nitro benzene ring substituents is 1. The second-order valence-corrected chi connectivity index (χ2v) is 5.19. The highest BCUT2D eigenvalue weighted by Gasteiger charge is 2.25. The average Bonchev–Trinajstić information content (AvgIpc) is 3.11. The van der Waals surface area contributed by atoms with Gasteiger partial charge in [0.05, 0.1) is 4.92 Å². The Kier molecular flexibility index (Phi) is 6.50. The first-order valence-corrected chi connectivity index (χ1v) is 7.59. The predicted octanol–water partition coefficient (Wildman–Crippen LogP) is 0.845. The zero-order chi connectivity index (χ0) is 17.4. The summed E-state index contributed by atoms with van der Waals surface area (Å²) in [6.45, 7) is 0.965. The maximum absolute atomic E-state index is 11.6. The molecule has 0 aliphatic carbocycles. The first kappa shape index (κ1) is 17.7. The number of esters is 1. The van der Waals surface area contributed by atoms with Crippen molar-refractivity contribution in [2.24, 2.45) is 0 Å². The molecule has 1 aromatic carbocycles. The van der Waals surface area contributed by atoms with Crippen molar-refractivity contribution >= 4 is 23.3 Å². The quantitative estimate of drug-likeness (QED) is 0.312. The molecule has 1 amide bonds. The third kappa shape index (κ3) is 5.51. The normalized spacial score (nSPS) is 16.4. The molecule has 1 aromatic rings. The topological polar surface area (TPSA) is 120 Å². The lowest BCUT2D eigenvalue weighted by Crippen LogP contribution is -2.34. The Morgan fingerprint density at radius 1 is 1.29 bits per heavy atom. The minimum atomic E-state index is -0.554. The monoisotopic (exact) mass is 337 g/mol. The number of benzene rings is 1. The Balaban J connectivity index is 1.58. The highest BCUT2D eigenvalue weighted by molar-refractivity contribution is 5.82. The largest absolute Gasteiger partial charge is 0.454 e. The molecule has 1 aliphatic heterocycles. The fraction of sp³-hybridized carbons (Fsp3) is 0.467. The van der Waals surface area contributed by atoms with Gasteiger partial charge in [-0.05, 0) is 25.0 Å². The molecule has 1 atom stereocenters. The van der Waals surface area contributed by atoms with Crippen LogP contribution in [0.3, 0.4) is 0 Å². The molecule has 0 radical (unpaired) electrons. The molecule has 130 valence electrons. The maximum atomic E-state index is 11.6. The van der Waals surface area contributed by atoms with Gasteiger partial charge in [0.15, 0.2) is 12.7 Å². The lowest BCUT2D eigenvalue weighted by Gasteiger charge is -2.10. The van der Waals surface area contributed by atoms with Gasteiger partial charge in [0, 0.05) is 37.5 Å². The minimum Gasteiger partial charge on any atom is -0.454 e. The second kappa shape index (κ2) is 8.82. The summed E-state index contributed by atoms with van der Waals surface area (Å²) in [5, 5.41) is 16.1. The zero-order valence-electron chi connectivity index (χ0n) is 13.0. The van der Waals surface area contributed by atoms with E-state index in [4.69, 9.17) is 9.47 Å². The molecular weight excluding hydrogens is 318 g/mol. The number of rotatable bonds is 8. The van der Waals surface area contributed by atoms with E-state index in [1.165, 1.54) is 12.1 Å². The number of nitro groups is 1. The van der Waals surface area contributed by atoms with Crippen LogP contribution in [0.25, 0.3) is 0 Å². The maximum Gasteiger partial charge on any atom is 0.335 e. The van der Waals surface area contributed by atoms with Crippen molar-refractivity contribution in [3.8, 4) is 0 Å². The summed E-state index contributed by atoms with van der Waals surface area (Å²) in [5.41, 5.74) is 0.724. The van der Waals surface area contributed by atoms with Crippen LogP contribution < -0.4 is 10.6 Å². The zero-order valence-corrected chi connectivity index (χ0v) is 13.0. The number of nitro benzene ring substituents is 1. The van der Waals surface area contributed by atoms with E-state index in [-0.39, 0.29) is 12.3 Å². The van der Waals surface area contributed by atoms with Gasteiger partial charge in [0.1, 0.15) is 0 Å². The Bertz CT molecular complexity index is 583. The first-order valence-electron chi connectivity index (χ1n) is 7.59. The fourth-order valence-electron chi connectivity index (χ4n) is 2.15. The number of amides is 1. The van der Waals surface area contributed by atoms with E-state index in [9.17, 15) is 19.7 Å².